The van der Waals surface area contributed by atoms with Crippen molar-refractivity contribution < 1.29 is 23.8 Å². The van der Waals surface area contributed by atoms with Crippen LogP contribution < -0.4 is 4.74 Å². The maximum atomic E-state index is 11.8. The molecule has 0 saturated carbocycles. The molecule has 0 unspecified atom stereocenters. The molecule has 0 aliphatic rings. The molecule has 0 fully saturated rings. The first-order valence-electron chi connectivity index (χ1n) is 10.3. The standard InChI is InChI=1S/C24H30O5/c1-2-3-4-5-9-18-27-23(25)16-17-24(26)28-19-20-12-14-22(15-13-20)29-21-10-7-6-8-11-21/h6-8,10-15H,2-5,9,16-19H2,1H3. The van der Waals surface area contributed by atoms with Gasteiger partial charge in [-0.25, -0.2) is 0 Å². The molecular formula is C24H30O5. The monoisotopic (exact) mass is 398 g/mol. The van der Waals surface area contributed by atoms with Gasteiger partial charge in [-0.3, -0.25) is 9.59 Å². The van der Waals surface area contributed by atoms with Crippen LogP contribution >= 0.6 is 0 Å². The second-order valence-electron chi connectivity index (χ2n) is 6.85. The molecule has 0 aliphatic carbocycles. The lowest BCUT2D eigenvalue weighted by molar-refractivity contribution is -0.151. The van der Waals surface area contributed by atoms with Crippen LogP contribution in [0.25, 0.3) is 0 Å². The Kier molecular flexibility index (Phi) is 10.4. The largest absolute Gasteiger partial charge is 0.466 e. The first kappa shape index (κ1) is 22.5. The van der Waals surface area contributed by atoms with Gasteiger partial charge in [0, 0.05) is 0 Å². The molecule has 29 heavy (non-hydrogen) atoms. The number of carbonyl (C=O) groups is 2. The van der Waals surface area contributed by atoms with Crippen LogP contribution in [0.2, 0.25) is 0 Å². The summed E-state index contributed by atoms with van der Waals surface area (Å²) in [7, 11) is 0. The first-order valence-corrected chi connectivity index (χ1v) is 10.3. The van der Waals surface area contributed by atoms with E-state index in [-0.39, 0.29) is 25.4 Å². The van der Waals surface area contributed by atoms with Crippen molar-refractivity contribution in [2.24, 2.45) is 0 Å². The zero-order valence-corrected chi connectivity index (χ0v) is 17.1. The molecule has 0 N–H and O–H groups in total. The second kappa shape index (κ2) is 13.4. The summed E-state index contributed by atoms with van der Waals surface area (Å²) in [6.07, 6.45) is 5.59. The average molecular weight is 398 g/mol. The lowest BCUT2D eigenvalue weighted by Crippen LogP contribution is -2.11. The average Bonchev–Trinajstić information content (AvgIpc) is 2.75. The lowest BCUT2D eigenvalue weighted by Gasteiger charge is -2.08. The van der Waals surface area contributed by atoms with E-state index in [9.17, 15) is 9.59 Å². The molecule has 2 aromatic carbocycles. The van der Waals surface area contributed by atoms with Crippen molar-refractivity contribution in [1.82, 2.24) is 0 Å². The Morgan fingerprint density at radius 2 is 1.34 bits per heavy atom. The van der Waals surface area contributed by atoms with Crippen LogP contribution in [0.3, 0.4) is 0 Å². The highest BCUT2D eigenvalue weighted by atomic mass is 16.5. The van der Waals surface area contributed by atoms with E-state index in [1.807, 2.05) is 54.6 Å². The van der Waals surface area contributed by atoms with E-state index >= 15 is 0 Å². The normalized spacial score (nSPS) is 10.4. The van der Waals surface area contributed by atoms with Crippen molar-refractivity contribution >= 4 is 11.9 Å². The molecule has 0 aliphatic heterocycles. The van der Waals surface area contributed by atoms with Crippen LogP contribution in [0.4, 0.5) is 0 Å². The number of rotatable bonds is 13. The minimum Gasteiger partial charge on any atom is -0.466 e. The number of hydrogen-bond acceptors (Lipinski definition) is 5. The number of hydrogen-bond donors (Lipinski definition) is 0. The van der Waals surface area contributed by atoms with Crippen molar-refractivity contribution in [3.05, 3.63) is 60.2 Å². The van der Waals surface area contributed by atoms with Crippen molar-refractivity contribution in [1.29, 1.82) is 0 Å². The third kappa shape index (κ3) is 9.79. The molecule has 5 heteroatoms. The van der Waals surface area contributed by atoms with Crippen LogP contribution in [-0.4, -0.2) is 18.5 Å². The van der Waals surface area contributed by atoms with Gasteiger partial charge in [-0.1, -0.05) is 62.9 Å². The topological polar surface area (TPSA) is 61.8 Å². The number of para-hydroxylation sites is 1. The van der Waals surface area contributed by atoms with E-state index in [0.717, 1.165) is 24.2 Å². The van der Waals surface area contributed by atoms with Crippen LogP contribution in [0.5, 0.6) is 11.5 Å². The third-order valence-corrected chi connectivity index (χ3v) is 4.35. The van der Waals surface area contributed by atoms with Crippen molar-refractivity contribution in [3.8, 4) is 11.5 Å². The summed E-state index contributed by atoms with van der Waals surface area (Å²) in [5.41, 5.74) is 0.855. The maximum absolute atomic E-state index is 11.8. The fourth-order valence-electron chi connectivity index (χ4n) is 2.68. The van der Waals surface area contributed by atoms with E-state index in [4.69, 9.17) is 14.2 Å². The Labute approximate surface area is 173 Å². The van der Waals surface area contributed by atoms with E-state index in [1.165, 1.54) is 19.3 Å². The van der Waals surface area contributed by atoms with Gasteiger partial charge in [-0.05, 0) is 36.2 Å². The second-order valence-corrected chi connectivity index (χ2v) is 6.85. The zero-order valence-electron chi connectivity index (χ0n) is 17.1. The molecule has 0 spiro atoms. The predicted octanol–water partition coefficient (Wildman–Crippen LogP) is 5.82. The Morgan fingerprint density at radius 1 is 0.724 bits per heavy atom. The summed E-state index contributed by atoms with van der Waals surface area (Å²) in [6.45, 7) is 2.75. The third-order valence-electron chi connectivity index (χ3n) is 4.35. The smallest absolute Gasteiger partial charge is 0.306 e. The quantitative estimate of drug-likeness (QED) is 0.314. The molecule has 156 valence electrons. The molecule has 2 rings (SSSR count). The van der Waals surface area contributed by atoms with E-state index < -0.39 is 5.97 Å². The Hall–Kier alpha value is -2.82. The molecule has 0 amide bonds. The molecule has 0 aromatic heterocycles. The van der Waals surface area contributed by atoms with Gasteiger partial charge in [0.25, 0.3) is 0 Å². The Morgan fingerprint density at radius 3 is 2.03 bits per heavy atom. The fourth-order valence-corrected chi connectivity index (χ4v) is 2.68. The zero-order chi connectivity index (χ0) is 20.7. The van der Waals surface area contributed by atoms with Gasteiger partial charge in [-0.15, -0.1) is 0 Å². The Bertz CT molecular complexity index is 725. The van der Waals surface area contributed by atoms with Crippen molar-refractivity contribution in [2.45, 2.75) is 58.5 Å². The van der Waals surface area contributed by atoms with Crippen LogP contribution in [-0.2, 0) is 25.7 Å². The summed E-state index contributed by atoms with van der Waals surface area (Å²) >= 11 is 0. The van der Waals surface area contributed by atoms with Gasteiger partial charge in [0.15, 0.2) is 0 Å². The molecule has 0 bridgehead atoms. The highest BCUT2D eigenvalue weighted by Gasteiger charge is 2.09. The van der Waals surface area contributed by atoms with E-state index in [2.05, 4.69) is 6.92 Å². The SMILES string of the molecule is CCCCCCCOC(=O)CCC(=O)OCc1ccc(Oc2ccccc2)cc1. The van der Waals surface area contributed by atoms with Gasteiger partial charge >= 0.3 is 11.9 Å². The molecule has 0 atom stereocenters. The van der Waals surface area contributed by atoms with Crippen molar-refractivity contribution in [3.63, 3.8) is 0 Å². The molecule has 2 aromatic rings. The van der Waals surface area contributed by atoms with Crippen LogP contribution in [0.1, 0.15) is 57.4 Å². The Balaban J connectivity index is 1.59. The van der Waals surface area contributed by atoms with Crippen molar-refractivity contribution in [2.75, 3.05) is 6.61 Å². The maximum Gasteiger partial charge on any atom is 0.306 e. The van der Waals surface area contributed by atoms with E-state index in [0.29, 0.717) is 12.4 Å². The van der Waals surface area contributed by atoms with Crippen LogP contribution in [0.15, 0.2) is 54.6 Å². The van der Waals surface area contributed by atoms with Gasteiger partial charge in [0.1, 0.15) is 18.1 Å². The number of unbranched alkanes of at least 4 members (excludes halogenated alkanes) is 4. The highest BCUT2D eigenvalue weighted by Crippen LogP contribution is 2.21. The van der Waals surface area contributed by atoms with Gasteiger partial charge in [-0.2, -0.15) is 0 Å². The van der Waals surface area contributed by atoms with Crippen LogP contribution in [0, 0.1) is 0 Å². The number of ether oxygens (including phenoxy) is 3. The van der Waals surface area contributed by atoms with Gasteiger partial charge < -0.3 is 14.2 Å². The number of carbonyl (C=O) groups excluding carboxylic acids is 2. The lowest BCUT2D eigenvalue weighted by atomic mass is 10.2. The minimum absolute atomic E-state index is 0.0316. The minimum atomic E-state index is -0.408. The summed E-state index contributed by atoms with van der Waals surface area (Å²) in [5.74, 6) is 0.720. The highest BCUT2D eigenvalue weighted by molar-refractivity contribution is 5.77. The summed E-state index contributed by atoms with van der Waals surface area (Å²) in [5, 5.41) is 0. The van der Waals surface area contributed by atoms with Gasteiger partial charge in [0.2, 0.25) is 0 Å². The molecule has 0 radical (unpaired) electrons. The molecule has 0 saturated heterocycles. The van der Waals surface area contributed by atoms with E-state index in [1.54, 1.807) is 0 Å². The molecule has 5 nitrogen and oxygen atoms in total. The number of esters is 2. The fraction of sp³-hybridized carbons (Fsp3) is 0.417. The molecule has 0 heterocycles. The summed E-state index contributed by atoms with van der Waals surface area (Å²) < 4.78 is 16.1. The first-order chi connectivity index (χ1) is 14.2. The summed E-state index contributed by atoms with van der Waals surface area (Å²) in [4.78, 5) is 23.5. The molecular weight excluding hydrogens is 368 g/mol. The van der Waals surface area contributed by atoms with Gasteiger partial charge in [0.05, 0.1) is 19.4 Å². The number of benzene rings is 2. The predicted molar refractivity (Wildman–Crippen MR) is 112 cm³/mol. The summed E-state index contributed by atoms with van der Waals surface area (Å²) in [6, 6.07) is 16.9.